The summed E-state index contributed by atoms with van der Waals surface area (Å²) in [5.41, 5.74) is 1.73. The van der Waals surface area contributed by atoms with Gasteiger partial charge >= 0.3 is 0 Å². The number of aromatic nitrogens is 1. The highest BCUT2D eigenvalue weighted by Crippen LogP contribution is 2.18. The molecule has 0 radical (unpaired) electrons. The first-order chi connectivity index (χ1) is 8.24. The minimum absolute atomic E-state index is 0.128. The molecule has 2 nitrogen and oxygen atoms in total. The van der Waals surface area contributed by atoms with Crippen LogP contribution in [0.5, 0.6) is 0 Å². The Bertz CT molecular complexity index is 574. The summed E-state index contributed by atoms with van der Waals surface area (Å²) >= 11 is 5.30. The molecule has 2 rings (SSSR count). The fraction of sp³-hybridized carbons (Fsp3) is 0.143. The van der Waals surface area contributed by atoms with Crippen molar-refractivity contribution >= 4 is 18.5 Å². The van der Waals surface area contributed by atoms with Gasteiger partial charge in [0.15, 0.2) is 6.29 Å². The second kappa shape index (κ2) is 5.06. The molecule has 1 aromatic carbocycles. The van der Waals surface area contributed by atoms with E-state index in [9.17, 15) is 4.79 Å². The van der Waals surface area contributed by atoms with E-state index in [1.54, 1.807) is 6.07 Å². The number of aldehydes is 1. The zero-order valence-electron chi connectivity index (χ0n) is 9.54. The molecule has 0 fully saturated rings. The first-order valence-electron chi connectivity index (χ1n) is 5.45. The highest BCUT2D eigenvalue weighted by atomic mass is 32.1. The van der Waals surface area contributed by atoms with E-state index in [4.69, 9.17) is 12.2 Å². The van der Waals surface area contributed by atoms with Crippen molar-refractivity contribution < 1.29 is 4.79 Å². The summed E-state index contributed by atoms with van der Waals surface area (Å²) in [5, 5.41) is 0. The molecule has 0 amide bonds. The number of hydrogen-bond acceptors (Lipinski definition) is 2. The van der Waals surface area contributed by atoms with Crippen LogP contribution in [0.1, 0.15) is 28.9 Å². The summed E-state index contributed by atoms with van der Waals surface area (Å²) < 4.78 is 2.52. The first-order valence-corrected chi connectivity index (χ1v) is 5.86. The van der Waals surface area contributed by atoms with Crippen LogP contribution in [0.15, 0.2) is 48.7 Å². The quantitative estimate of drug-likeness (QED) is 0.606. The molecule has 0 unspecified atom stereocenters. The molecular weight excluding hydrogens is 230 g/mol. The van der Waals surface area contributed by atoms with E-state index < -0.39 is 0 Å². The van der Waals surface area contributed by atoms with Gasteiger partial charge in [-0.25, -0.2) is 0 Å². The first kappa shape index (κ1) is 11.7. The highest BCUT2D eigenvalue weighted by molar-refractivity contribution is 7.71. The number of carbonyl (C=O) groups excluding carboxylic acids is 1. The van der Waals surface area contributed by atoms with Crippen LogP contribution in [0.3, 0.4) is 0 Å². The van der Waals surface area contributed by atoms with Gasteiger partial charge in [-0.05, 0) is 24.6 Å². The molecule has 1 heterocycles. The molecule has 0 aliphatic carbocycles. The Morgan fingerprint density at radius 1 is 1.18 bits per heavy atom. The number of rotatable bonds is 3. The van der Waals surface area contributed by atoms with Gasteiger partial charge in [0.2, 0.25) is 0 Å². The number of pyridine rings is 1. The van der Waals surface area contributed by atoms with Crippen molar-refractivity contribution in [3.8, 4) is 0 Å². The topological polar surface area (TPSA) is 22.0 Å². The average Bonchev–Trinajstić information content (AvgIpc) is 2.39. The van der Waals surface area contributed by atoms with Crippen molar-refractivity contribution in [2.75, 3.05) is 0 Å². The third-order valence-corrected chi connectivity index (χ3v) is 3.28. The molecule has 0 spiro atoms. The maximum Gasteiger partial charge on any atom is 0.153 e. The maximum absolute atomic E-state index is 10.9. The third kappa shape index (κ3) is 2.34. The number of carbonyl (C=O) groups is 1. The predicted molar refractivity (Wildman–Crippen MR) is 70.9 cm³/mol. The van der Waals surface area contributed by atoms with Crippen LogP contribution < -0.4 is 0 Å². The van der Waals surface area contributed by atoms with Crippen LogP contribution in [-0.4, -0.2) is 10.9 Å². The Labute approximate surface area is 106 Å². The lowest BCUT2D eigenvalue weighted by Gasteiger charge is -2.17. The van der Waals surface area contributed by atoms with Crippen molar-refractivity contribution in [1.82, 2.24) is 4.57 Å². The fourth-order valence-electron chi connectivity index (χ4n) is 1.81. The summed E-state index contributed by atoms with van der Waals surface area (Å²) in [6.07, 6.45) is 2.71. The van der Waals surface area contributed by atoms with Gasteiger partial charge in [-0.3, -0.25) is 4.79 Å². The molecule has 0 saturated carbocycles. The predicted octanol–water partition coefficient (Wildman–Crippen LogP) is 3.64. The standard InChI is InChI=1S/C14H13NOS/c1-11(12-6-3-2-4-7-12)15-9-5-8-13(10-16)14(15)17/h2-11H,1H3/t11-/m1/s1. The number of benzene rings is 1. The zero-order valence-corrected chi connectivity index (χ0v) is 10.4. The van der Waals surface area contributed by atoms with Gasteiger partial charge in [-0.2, -0.15) is 0 Å². The van der Waals surface area contributed by atoms with E-state index in [1.807, 2.05) is 35.0 Å². The lowest BCUT2D eigenvalue weighted by molar-refractivity contribution is 0.112. The minimum Gasteiger partial charge on any atom is -0.331 e. The van der Waals surface area contributed by atoms with Gasteiger partial charge < -0.3 is 4.57 Å². The van der Waals surface area contributed by atoms with Crippen LogP contribution in [-0.2, 0) is 0 Å². The SMILES string of the molecule is C[C@H](c1ccccc1)n1cccc(C=O)c1=S. The summed E-state index contributed by atoms with van der Waals surface area (Å²) in [7, 11) is 0. The van der Waals surface area contributed by atoms with Crippen LogP contribution in [0.2, 0.25) is 0 Å². The van der Waals surface area contributed by atoms with Crippen molar-refractivity contribution in [2.45, 2.75) is 13.0 Å². The van der Waals surface area contributed by atoms with Gasteiger partial charge in [-0.15, -0.1) is 0 Å². The minimum atomic E-state index is 0.128. The Hall–Kier alpha value is -1.74. The molecule has 17 heavy (non-hydrogen) atoms. The molecule has 0 bridgehead atoms. The fourth-order valence-corrected chi connectivity index (χ4v) is 2.15. The van der Waals surface area contributed by atoms with Crippen LogP contribution in [0.25, 0.3) is 0 Å². The Balaban J connectivity index is 2.48. The van der Waals surface area contributed by atoms with Gasteiger partial charge in [0.1, 0.15) is 4.64 Å². The monoisotopic (exact) mass is 243 g/mol. The van der Waals surface area contributed by atoms with Crippen molar-refractivity contribution in [3.05, 3.63) is 64.4 Å². The zero-order chi connectivity index (χ0) is 12.3. The van der Waals surface area contributed by atoms with E-state index in [-0.39, 0.29) is 6.04 Å². The summed E-state index contributed by atoms with van der Waals surface area (Å²) in [4.78, 5) is 10.9. The molecule has 2 aromatic rings. The van der Waals surface area contributed by atoms with Crippen LogP contribution in [0, 0.1) is 4.64 Å². The molecule has 3 heteroatoms. The third-order valence-electron chi connectivity index (χ3n) is 2.83. The van der Waals surface area contributed by atoms with Crippen molar-refractivity contribution in [1.29, 1.82) is 0 Å². The Morgan fingerprint density at radius 2 is 1.88 bits per heavy atom. The Morgan fingerprint density at radius 3 is 2.53 bits per heavy atom. The summed E-state index contributed by atoms with van der Waals surface area (Å²) in [6.45, 7) is 2.07. The largest absolute Gasteiger partial charge is 0.331 e. The average molecular weight is 243 g/mol. The van der Waals surface area contributed by atoms with E-state index in [2.05, 4.69) is 19.1 Å². The van der Waals surface area contributed by atoms with E-state index >= 15 is 0 Å². The number of nitrogens with zero attached hydrogens (tertiary/aromatic N) is 1. The van der Waals surface area contributed by atoms with Gasteiger partial charge in [0.05, 0.1) is 6.04 Å². The van der Waals surface area contributed by atoms with Crippen LogP contribution >= 0.6 is 12.2 Å². The smallest absolute Gasteiger partial charge is 0.153 e. The second-order valence-electron chi connectivity index (χ2n) is 3.88. The highest BCUT2D eigenvalue weighted by Gasteiger charge is 2.08. The molecule has 1 aromatic heterocycles. The van der Waals surface area contributed by atoms with E-state index in [0.29, 0.717) is 10.2 Å². The molecule has 0 N–H and O–H groups in total. The Kier molecular flexibility index (Phi) is 3.49. The summed E-state index contributed by atoms with van der Waals surface area (Å²) in [6, 6.07) is 13.8. The lowest BCUT2D eigenvalue weighted by atomic mass is 10.1. The summed E-state index contributed by atoms with van der Waals surface area (Å²) in [5.74, 6) is 0. The lowest BCUT2D eigenvalue weighted by Crippen LogP contribution is -2.09. The molecule has 0 aliphatic rings. The van der Waals surface area contributed by atoms with Crippen molar-refractivity contribution in [3.63, 3.8) is 0 Å². The molecule has 1 atom stereocenters. The van der Waals surface area contributed by atoms with Crippen molar-refractivity contribution in [2.24, 2.45) is 0 Å². The second-order valence-corrected chi connectivity index (χ2v) is 4.27. The normalized spacial score (nSPS) is 12.1. The molecule has 0 aliphatic heterocycles. The van der Waals surface area contributed by atoms with Crippen LogP contribution in [0.4, 0.5) is 0 Å². The molecule has 0 saturated heterocycles. The van der Waals surface area contributed by atoms with Gasteiger partial charge in [-0.1, -0.05) is 42.5 Å². The van der Waals surface area contributed by atoms with Gasteiger partial charge in [0.25, 0.3) is 0 Å². The number of hydrogen-bond donors (Lipinski definition) is 0. The van der Waals surface area contributed by atoms with E-state index in [0.717, 1.165) is 6.29 Å². The van der Waals surface area contributed by atoms with Gasteiger partial charge in [0, 0.05) is 11.8 Å². The molecular formula is C14H13NOS. The molecule has 86 valence electrons. The maximum atomic E-state index is 10.9. The van der Waals surface area contributed by atoms with E-state index in [1.165, 1.54) is 5.56 Å².